The van der Waals surface area contributed by atoms with Crippen molar-refractivity contribution in [1.29, 1.82) is 0 Å². The molecule has 2 fully saturated rings. The van der Waals surface area contributed by atoms with Gasteiger partial charge in [0.1, 0.15) is 36.5 Å². The first-order valence-electron chi connectivity index (χ1n) is 22.1. The molecule has 6 atom stereocenters. The summed E-state index contributed by atoms with van der Waals surface area (Å²) in [5.74, 6) is -0.537. The summed E-state index contributed by atoms with van der Waals surface area (Å²) in [6.07, 6.45) is 8.65. The van der Waals surface area contributed by atoms with Crippen molar-refractivity contribution in [3.8, 4) is 17.2 Å². The van der Waals surface area contributed by atoms with Gasteiger partial charge < -0.3 is 34.0 Å². The number of rotatable bonds is 23. The summed E-state index contributed by atoms with van der Waals surface area (Å²) >= 11 is 0. The number of nitro groups is 1. The Hall–Kier alpha value is -5.28. The van der Waals surface area contributed by atoms with Crippen molar-refractivity contribution in [3.63, 3.8) is 0 Å². The molecular weight excluding hydrogens is 793 g/mol. The van der Waals surface area contributed by atoms with Crippen molar-refractivity contribution in [1.82, 2.24) is 9.80 Å². The number of oxime groups is 1. The highest BCUT2D eigenvalue weighted by atomic mass is 16.7. The monoisotopic (exact) mass is 852 g/mol. The quantitative estimate of drug-likeness (QED) is 0.0312. The zero-order valence-electron chi connectivity index (χ0n) is 35.6. The number of benzene rings is 3. The number of nitro benzene ring substituents is 1. The highest BCUT2D eigenvalue weighted by Gasteiger charge is 2.65. The smallest absolute Gasteiger partial charge is 0.415 e. The minimum absolute atomic E-state index is 0.0492. The third-order valence-corrected chi connectivity index (χ3v) is 12.4. The molecule has 3 aromatic carbocycles. The summed E-state index contributed by atoms with van der Waals surface area (Å²) in [6, 6.07) is 20.4. The topological polar surface area (TPSA) is 165 Å². The second-order valence-electron chi connectivity index (χ2n) is 16.5. The van der Waals surface area contributed by atoms with E-state index >= 15 is 0 Å². The van der Waals surface area contributed by atoms with E-state index in [1.807, 2.05) is 49.4 Å². The van der Waals surface area contributed by atoms with Gasteiger partial charge in [-0.05, 0) is 85.4 Å². The molecule has 2 heterocycles. The van der Waals surface area contributed by atoms with Crippen molar-refractivity contribution in [2.45, 2.75) is 82.6 Å². The summed E-state index contributed by atoms with van der Waals surface area (Å²) in [7, 11) is 0. The minimum Gasteiger partial charge on any atom is -0.492 e. The highest BCUT2D eigenvalue weighted by Crippen LogP contribution is 2.62. The fourth-order valence-electron chi connectivity index (χ4n) is 9.49. The first kappa shape index (κ1) is 44.8. The van der Waals surface area contributed by atoms with Gasteiger partial charge in [-0.1, -0.05) is 67.4 Å². The average molecular weight is 853 g/mol. The normalized spacial score (nSPS) is 24.2. The average Bonchev–Trinajstić information content (AvgIpc) is 4.11. The van der Waals surface area contributed by atoms with Crippen LogP contribution in [0.3, 0.4) is 0 Å². The van der Waals surface area contributed by atoms with E-state index in [1.165, 1.54) is 24.3 Å². The Morgan fingerprint density at radius 2 is 1.77 bits per heavy atom. The van der Waals surface area contributed by atoms with Gasteiger partial charge in [-0.15, -0.1) is 6.58 Å². The Morgan fingerprint density at radius 3 is 2.47 bits per heavy atom. The molecule has 2 aliphatic carbocycles. The number of carbonyl (C=O) groups excluding carboxylic acids is 1. The molecule has 62 heavy (non-hydrogen) atoms. The number of hydrogen-bond acceptors (Lipinski definition) is 12. The van der Waals surface area contributed by atoms with Crippen LogP contribution in [0, 0.1) is 27.9 Å². The number of unbranched alkanes of at least 4 members (excludes halogenated alkanes) is 2. The second-order valence-corrected chi connectivity index (χ2v) is 16.5. The largest absolute Gasteiger partial charge is 0.492 e. The number of aliphatic hydroxyl groups excluding tert-OH is 2. The fraction of sp³-hybridized carbons (Fsp3) is 0.500. The van der Waals surface area contributed by atoms with Crippen molar-refractivity contribution in [3.05, 3.63) is 118 Å². The third-order valence-electron chi connectivity index (χ3n) is 12.4. The molecule has 2 aliphatic heterocycles. The van der Waals surface area contributed by atoms with Gasteiger partial charge in [0.05, 0.1) is 23.2 Å². The van der Waals surface area contributed by atoms with Gasteiger partial charge in [0, 0.05) is 69.4 Å². The molecule has 14 nitrogen and oxygen atoms in total. The molecule has 0 spiro atoms. The van der Waals surface area contributed by atoms with Gasteiger partial charge in [0.15, 0.2) is 0 Å². The fourth-order valence-corrected chi connectivity index (χ4v) is 9.49. The van der Waals surface area contributed by atoms with Gasteiger partial charge in [0.2, 0.25) is 5.79 Å². The lowest BCUT2D eigenvalue weighted by atomic mass is 9.55. The first-order valence-corrected chi connectivity index (χ1v) is 22.1. The Morgan fingerprint density at radius 1 is 1.03 bits per heavy atom. The maximum Gasteiger partial charge on any atom is 0.415 e. The lowest BCUT2D eigenvalue weighted by Gasteiger charge is -2.59. The van der Waals surface area contributed by atoms with Gasteiger partial charge in [-0.3, -0.25) is 19.9 Å². The Bertz CT molecular complexity index is 2040. The maximum atomic E-state index is 14.6. The number of aliphatic hydroxyl groups is 2. The Balaban J connectivity index is 1.39. The van der Waals surface area contributed by atoms with Gasteiger partial charge >= 0.3 is 6.09 Å². The predicted molar refractivity (Wildman–Crippen MR) is 234 cm³/mol. The van der Waals surface area contributed by atoms with Gasteiger partial charge in [-0.25, -0.2) is 4.79 Å². The number of carbonyl (C=O) groups is 1. The lowest BCUT2D eigenvalue weighted by molar-refractivity contribution is -0.384. The number of non-ortho nitro benzene ring substituents is 1. The first-order chi connectivity index (χ1) is 30.3. The van der Waals surface area contributed by atoms with E-state index in [2.05, 4.69) is 23.6 Å². The molecule has 7 rings (SSSR count). The van der Waals surface area contributed by atoms with Crippen LogP contribution in [-0.4, -0.2) is 101 Å². The number of allylic oxidation sites excluding steroid dienone is 1. The number of amides is 1. The van der Waals surface area contributed by atoms with Crippen LogP contribution in [0.1, 0.15) is 75.3 Å². The zero-order chi connectivity index (χ0) is 43.5. The van der Waals surface area contributed by atoms with E-state index in [4.69, 9.17) is 28.9 Å². The third kappa shape index (κ3) is 10.3. The maximum absolute atomic E-state index is 14.6. The number of nitrogens with zero attached hydrogens (tertiary/aromatic N) is 4. The van der Waals surface area contributed by atoms with Crippen LogP contribution >= 0.6 is 0 Å². The van der Waals surface area contributed by atoms with Crippen LogP contribution in [0.4, 0.5) is 10.5 Å². The molecule has 0 aromatic heterocycles. The molecule has 6 unspecified atom stereocenters. The summed E-state index contributed by atoms with van der Waals surface area (Å²) in [5.41, 5.74) is 3.40. The molecule has 3 aromatic rings. The lowest BCUT2D eigenvalue weighted by Crippen LogP contribution is -2.70. The molecule has 1 saturated heterocycles. The van der Waals surface area contributed by atoms with Crippen molar-refractivity contribution < 1.29 is 43.7 Å². The molecule has 0 bridgehead atoms. The highest BCUT2D eigenvalue weighted by molar-refractivity contribution is 6.03. The van der Waals surface area contributed by atoms with E-state index in [0.717, 1.165) is 67.8 Å². The molecule has 1 saturated carbocycles. The summed E-state index contributed by atoms with van der Waals surface area (Å²) in [4.78, 5) is 35.7. The van der Waals surface area contributed by atoms with Crippen LogP contribution in [-0.2, 0) is 16.2 Å². The van der Waals surface area contributed by atoms with Crippen LogP contribution in [0.25, 0.3) is 0 Å². The number of fused-ring (bicyclic) bond motifs is 2. The van der Waals surface area contributed by atoms with Crippen molar-refractivity contribution in [2.75, 3.05) is 52.6 Å². The minimum atomic E-state index is -1.47. The molecule has 2 N–H and O–H groups in total. The van der Waals surface area contributed by atoms with Gasteiger partial charge in [0.25, 0.3) is 5.69 Å². The molecular formula is C48H60N4O10. The summed E-state index contributed by atoms with van der Waals surface area (Å²) in [5, 5.41) is 36.2. The zero-order valence-corrected chi connectivity index (χ0v) is 35.6. The molecule has 0 radical (unpaired) electrons. The SMILES string of the molecule is C=CCOC12Oc3ccc(OCCN4CC4)cc3C3C(CCCCO)C(CCCCO)C=C(C(=NOCc4ccccc4)CC1N(CCC)C(=O)Oc1ccc([N+](=O)[O-])cc1)C32. The van der Waals surface area contributed by atoms with E-state index < -0.39 is 28.8 Å². The van der Waals surface area contributed by atoms with Crippen LogP contribution in [0.15, 0.2) is 102 Å². The molecule has 332 valence electrons. The summed E-state index contributed by atoms with van der Waals surface area (Å²) < 4.78 is 26.7. The molecule has 4 aliphatic rings. The Kier molecular flexibility index (Phi) is 15.3. The van der Waals surface area contributed by atoms with Gasteiger partial charge in [-0.2, -0.15) is 0 Å². The second kappa shape index (κ2) is 21.2. The molecule has 14 heteroatoms. The van der Waals surface area contributed by atoms with Crippen molar-refractivity contribution in [2.24, 2.45) is 22.9 Å². The predicted octanol–water partition coefficient (Wildman–Crippen LogP) is 8.03. The number of hydrogen-bond donors (Lipinski definition) is 2. The Labute approximate surface area is 363 Å². The van der Waals surface area contributed by atoms with E-state index in [-0.39, 0.29) is 68.6 Å². The number of ether oxygens (including phenoxy) is 4. The van der Waals surface area contributed by atoms with E-state index in [9.17, 15) is 25.1 Å². The van der Waals surface area contributed by atoms with E-state index in [1.54, 1.807) is 11.0 Å². The van der Waals surface area contributed by atoms with Crippen molar-refractivity contribution >= 4 is 17.5 Å². The van der Waals surface area contributed by atoms with E-state index in [0.29, 0.717) is 37.3 Å². The van der Waals surface area contributed by atoms with Crippen LogP contribution in [0.2, 0.25) is 0 Å². The standard InChI is InChI=1S/C48H60N4O10/c1-3-22-51(47(55)61-37-18-16-36(17-19-37)52(56)57)44-32-42(49-60-33-34-12-6-5-7-13-34)40-30-35(14-8-10-26-53)39(15-9-11-27-54)45-41-31-38(58-29-25-50-23-24-50)20-21-43(41)62-48(44,46(40)45)59-28-4-2/h4-7,12-13,16-21,30-31,35,39,44-46,53-54H,2-3,8-11,14-15,22-29,32-33H2,1H3. The summed E-state index contributed by atoms with van der Waals surface area (Å²) in [6.45, 7) is 10.3. The molecule has 1 amide bonds. The van der Waals surface area contributed by atoms with Crippen LogP contribution < -0.4 is 14.2 Å². The van der Waals surface area contributed by atoms with Crippen LogP contribution in [0.5, 0.6) is 17.2 Å².